The monoisotopic (exact) mass is 386 g/mol. The van der Waals surface area contributed by atoms with Crippen LogP contribution in [0.2, 0.25) is 0 Å². The van der Waals surface area contributed by atoms with Crippen molar-refractivity contribution in [3.8, 4) is 0 Å². The third-order valence-corrected chi connectivity index (χ3v) is 2.65. The lowest BCUT2D eigenvalue weighted by molar-refractivity contribution is -0.344. The van der Waals surface area contributed by atoms with Gasteiger partial charge in [-0.2, -0.15) is 26.3 Å². The Balaban J connectivity index is 4.73. The van der Waals surface area contributed by atoms with Crippen LogP contribution in [0.25, 0.3) is 0 Å². The predicted molar refractivity (Wildman–Crippen MR) is 66.8 cm³/mol. The molecule has 0 amide bonds. The molecule has 0 aliphatic carbocycles. The SMILES string of the molecule is CCCCOC(=O)/C=C/C(=O)OCC(F)(F)C(F)(F)C(F)(F)C(F)F. The molecule has 0 aromatic carbocycles. The standard InChI is InChI=1S/C13H14F8O4/c1-2-3-6-24-8(22)4-5-9(23)25-7-11(16,17)13(20,21)12(18,19)10(14)15/h4-5,10H,2-3,6-7H2,1H3/b5-4+. The van der Waals surface area contributed by atoms with E-state index in [1.165, 1.54) is 0 Å². The van der Waals surface area contributed by atoms with Crippen molar-refractivity contribution in [2.75, 3.05) is 13.2 Å². The maximum Gasteiger partial charge on any atom is 0.381 e. The Morgan fingerprint density at radius 1 is 0.960 bits per heavy atom. The highest BCUT2D eigenvalue weighted by atomic mass is 19.4. The Morgan fingerprint density at radius 2 is 1.44 bits per heavy atom. The van der Waals surface area contributed by atoms with Gasteiger partial charge in [-0.3, -0.25) is 0 Å². The van der Waals surface area contributed by atoms with Gasteiger partial charge in [0.05, 0.1) is 6.61 Å². The Morgan fingerprint density at radius 3 is 1.88 bits per heavy atom. The normalized spacial score (nSPS) is 13.4. The molecule has 0 spiro atoms. The van der Waals surface area contributed by atoms with Gasteiger partial charge in [0.15, 0.2) is 6.61 Å². The highest BCUT2D eigenvalue weighted by molar-refractivity contribution is 5.91. The minimum absolute atomic E-state index is 0.00171. The van der Waals surface area contributed by atoms with E-state index in [1.54, 1.807) is 6.92 Å². The molecule has 146 valence electrons. The summed E-state index contributed by atoms with van der Waals surface area (Å²) >= 11 is 0. The second-order valence-corrected chi connectivity index (χ2v) is 4.66. The van der Waals surface area contributed by atoms with Crippen LogP contribution in [0.1, 0.15) is 19.8 Å². The largest absolute Gasteiger partial charge is 0.463 e. The summed E-state index contributed by atoms with van der Waals surface area (Å²) in [6.45, 7) is -0.813. The van der Waals surface area contributed by atoms with Crippen LogP contribution in [-0.2, 0) is 19.1 Å². The Bertz CT molecular complexity index is 490. The van der Waals surface area contributed by atoms with Gasteiger partial charge >= 0.3 is 36.1 Å². The number of ether oxygens (including phenoxy) is 2. The molecule has 0 unspecified atom stereocenters. The van der Waals surface area contributed by atoms with Gasteiger partial charge < -0.3 is 9.47 Å². The molecule has 0 aliphatic rings. The van der Waals surface area contributed by atoms with Gasteiger partial charge in [0, 0.05) is 12.2 Å². The topological polar surface area (TPSA) is 52.6 Å². The summed E-state index contributed by atoms with van der Waals surface area (Å²) in [5.74, 6) is -21.4. The first-order chi connectivity index (χ1) is 11.3. The number of hydrogen-bond acceptors (Lipinski definition) is 4. The second-order valence-electron chi connectivity index (χ2n) is 4.66. The Labute approximate surface area is 136 Å². The third-order valence-electron chi connectivity index (χ3n) is 2.65. The fourth-order valence-electron chi connectivity index (χ4n) is 1.18. The highest BCUT2D eigenvalue weighted by Crippen LogP contribution is 2.48. The minimum Gasteiger partial charge on any atom is -0.463 e. The molecule has 0 radical (unpaired) electrons. The quantitative estimate of drug-likeness (QED) is 0.249. The summed E-state index contributed by atoms with van der Waals surface area (Å²) in [6, 6.07) is 0. The fourth-order valence-corrected chi connectivity index (χ4v) is 1.18. The van der Waals surface area contributed by atoms with Crippen molar-refractivity contribution >= 4 is 11.9 Å². The first kappa shape index (κ1) is 23.1. The van der Waals surface area contributed by atoms with Crippen molar-refractivity contribution in [3.63, 3.8) is 0 Å². The first-order valence-electron chi connectivity index (χ1n) is 6.72. The van der Waals surface area contributed by atoms with E-state index in [2.05, 4.69) is 9.47 Å². The summed E-state index contributed by atoms with van der Waals surface area (Å²) in [7, 11) is 0. The first-order valence-corrected chi connectivity index (χ1v) is 6.72. The number of rotatable bonds is 10. The van der Waals surface area contributed by atoms with Crippen molar-refractivity contribution in [3.05, 3.63) is 12.2 Å². The predicted octanol–water partition coefficient (Wildman–Crippen LogP) is 3.60. The molecule has 25 heavy (non-hydrogen) atoms. The molecule has 0 rings (SSSR count). The van der Waals surface area contributed by atoms with Crippen LogP contribution in [-0.4, -0.2) is 49.3 Å². The summed E-state index contributed by atoms with van der Waals surface area (Å²) in [4.78, 5) is 22.0. The molecule has 0 aromatic rings. The smallest absolute Gasteiger partial charge is 0.381 e. The molecule has 0 saturated carbocycles. The van der Waals surface area contributed by atoms with Gasteiger partial charge in [-0.05, 0) is 6.42 Å². The molecule has 0 atom stereocenters. The summed E-state index contributed by atoms with van der Waals surface area (Å²) in [5, 5.41) is 0. The number of alkyl halides is 8. The van der Waals surface area contributed by atoms with E-state index in [9.17, 15) is 44.7 Å². The van der Waals surface area contributed by atoms with Crippen molar-refractivity contribution in [2.45, 2.75) is 44.0 Å². The van der Waals surface area contributed by atoms with Gasteiger partial charge in [0.25, 0.3) is 0 Å². The number of carbonyl (C=O) groups excluding carboxylic acids is 2. The zero-order valence-electron chi connectivity index (χ0n) is 12.7. The maximum absolute atomic E-state index is 13.1. The Hall–Kier alpha value is -1.88. The van der Waals surface area contributed by atoms with E-state index in [1.807, 2.05) is 0 Å². The van der Waals surface area contributed by atoms with E-state index in [4.69, 9.17) is 0 Å². The Kier molecular flexibility index (Phi) is 8.32. The highest BCUT2D eigenvalue weighted by Gasteiger charge is 2.75. The van der Waals surface area contributed by atoms with E-state index >= 15 is 0 Å². The van der Waals surface area contributed by atoms with Crippen LogP contribution in [0.3, 0.4) is 0 Å². The average Bonchev–Trinajstić information content (AvgIpc) is 2.50. The maximum atomic E-state index is 13.1. The van der Waals surface area contributed by atoms with Gasteiger partial charge in [-0.1, -0.05) is 13.3 Å². The minimum atomic E-state index is -6.47. The number of hydrogen-bond donors (Lipinski definition) is 0. The zero-order chi connectivity index (χ0) is 19.9. The molecular formula is C13H14F8O4. The molecule has 12 heteroatoms. The van der Waals surface area contributed by atoms with Gasteiger partial charge in [0.2, 0.25) is 0 Å². The lowest BCUT2D eigenvalue weighted by Gasteiger charge is -2.31. The molecule has 0 saturated heterocycles. The van der Waals surface area contributed by atoms with Crippen molar-refractivity contribution < 1.29 is 54.2 Å². The number of carbonyl (C=O) groups is 2. The molecule has 0 aromatic heterocycles. The third kappa shape index (κ3) is 6.16. The van der Waals surface area contributed by atoms with Crippen LogP contribution in [0, 0.1) is 0 Å². The van der Waals surface area contributed by atoms with E-state index in [0.717, 1.165) is 0 Å². The zero-order valence-corrected chi connectivity index (χ0v) is 12.7. The summed E-state index contributed by atoms with van der Waals surface area (Å²) in [6.07, 6.45) is -3.22. The van der Waals surface area contributed by atoms with Crippen LogP contribution in [0.5, 0.6) is 0 Å². The van der Waals surface area contributed by atoms with Crippen molar-refractivity contribution in [2.24, 2.45) is 0 Å². The van der Waals surface area contributed by atoms with Crippen LogP contribution < -0.4 is 0 Å². The van der Waals surface area contributed by atoms with Crippen molar-refractivity contribution in [1.29, 1.82) is 0 Å². The lowest BCUT2D eigenvalue weighted by atomic mass is 10.1. The van der Waals surface area contributed by atoms with Gasteiger partial charge in [-0.25, -0.2) is 18.4 Å². The van der Waals surface area contributed by atoms with E-state index in [0.29, 0.717) is 18.9 Å². The summed E-state index contributed by atoms with van der Waals surface area (Å²) < 4.78 is 109. The lowest BCUT2D eigenvalue weighted by Crippen LogP contribution is -2.59. The molecule has 0 fully saturated rings. The molecule has 4 nitrogen and oxygen atoms in total. The molecule has 0 aliphatic heterocycles. The average molecular weight is 386 g/mol. The summed E-state index contributed by atoms with van der Waals surface area (Å²) in [5.41, 5.74) is 0. The molecule has 0 N–H and O–H groups in total. The molecule has 0 heterocycles. The number of halogens is 8. The van der Waals surface area contributed by atoms with Crippen molar-refractivity contribution in [1.82, 2.24) is 0 Å². The van der Waals surface area contributed by atoms with E-state index in [-0.39, 0.29) is 12.7 Å². The fraction of sp³-hybridized carbons (Fsp3) is 0.692. The van der Waals surface area contributed by atoms with E-state index < -0.39 is 42.7 Å². The van der Waals surface area contributed by atoms with Gasteiger partial charge in [-0.15, -0.1) is 0 Å². The number of unbranched alkanes of at least 4 members (excludes halogenated alkanes) is 1. The van der Waals surface area contributed by atoms with Crippen LogP contribution >= 0.6 is 0 Å². The van der Waals surface area contributed by atoms with Gasteiger partial charge in [0.1, 0.15) is 0 Å². The second kappa shape index (κ2) is 8.99. The molecule has 0 bridgehead atoms. The molecular weight excluding hydrogens is 372 g/mol. The number of esters is 2. The van der Waals surface area contributed by atoms with Crippen LogP contribution in [0.4, 0.5) is 35.1 Å². The van der Waals surface area contributed by atoms with Crippen LogP contribution in [0.15, 0.2) is 12.2 Å².